The number of thioether (sulfide) groups is 1. The Hall–Kier alpha value is -1.58. The van der Waals surface area contributed by atoms with Gasteiger partial charge in [-0.25, -0.2) is 8.42 Å². The monoisotopic (exact) mass is 401 g/mol. The van der Waals surface area contributed by atoms with Gasteiger partial charge < -0.3 is 9.73 Å². The fourth-order valence-corrected chi connectivity index (χ4v) is 5.37. The summed E-state index contributed by atoms with van der Waals surface area (Å²) in [6.07, 6.45) is 0.424. The van der Waals surface area contributed by atoms with E-state index in [0.717, 1.165) is 17.3 Å². The first-order chi connectivity index (χ1) is 11.7. The van der Waals surface area contributed by atoms with Crippen LogP contribution in [0.3, 0.4) is 0 Å². The zero-order chi connectivity index (χ0) is 18.1. The van der Waals surface area contributed by atoms with Crippen molar-refractivity contribution in [1.82, 2.24) is 15.5 Å². The smallest absolute Gasteiger partial charge is 0.277 e. The van der Waals surface area contributed by atoms with Gasteiger partial charge in [-0.15, -0.1) is 10.2 Å². The van der Waals surface area contributed by atoms with Crippen LogP contribution in [-0.4, -0.2) is 47.3 Å². The number of sulfone groups is 1. The van der Waals surface area contributed by atoms with Crippen LogP contribution in [0.2, 0.25) is 5.02 Å². The number of carbonyl (C=O) groups excluding carboxylic acids is 1. The highest BCUT2D eigenvalue weighted by Crippen LogP contribution is 2.25. The van der Waals surface area contributed by atoms with E-state index in [1.807, 2.05) is 0 Å². The molecule has 0 spiro atoms. The minimum absolute atomic E-state index is 0.0301. The van der Waals surface area contributed by atoms with E-state index in [4.69, 9.17) is 16.0 Å². The second-order valence-corrected chi connectivity index (χ2v) is 9.67. The summed E-state index contributed by atoms with van der Waals surface area (Å²) in [7, 11) is -3.07. The molecule has 1 unspecified atom stereocenters. The molecule has 2 heterocycles. The van der Waals surface area contributed by atoms with Crippen LogP contribution in [0.1, 0.15) is 13.3 Å². The largest absolute Gasteiger partial charge is 0.411 e. The Morgan fingerprint density at radius 2 is 2.08 bits per heavy atom. The van der Waals surface area contributed by atoms with Gasteiger partial charge in [0.25, 0.3) is 5.22 Å². The number of halogens is 1. The lowest BCUT2D eigenvalue weighted by Gasteiger charge is -2.23. The zero-order valence-electron chi connectivity index (χ0n) is 13.4. The normalized spacial score (nSPS) is 22.0. The van der Waals surface area contributed by atoms with Crippen LogP contribution in [0, 0.1) is 0 Å². The van der Waals surface area contributed by atoms with Crippen molar-refractivity contribution in [2.75, 3.05) is 17.3 Å². The summed E-state index contributed by atoms with van der Waals surface area (Å²) in [5.74, 6) is 0.213. The molecular weight excluding hydrogens is 386 g/mol. The molecule has 1 amide bonds. The molecule has 0 aliphatic carbocycles. The summed E-state index contributed by atoms with van der Waals surface area (Å²) in [5.41, 5.74) is 0.0247. The van der Waals surface area contributed by atoms with Gasteiger partial charge in [0.1, 0.15) is 0 Å². The third kappa shape index (κ3) is 4.74. The summed E-state index contributed by atoms with van der Waals surface area (Å²) in [6.45, 7) is 1.74. The number of aromatic nitrogens is 2. The minimum atomic E-state index is -3.07. The van der Waals surface area contributed by atoms with E-state index < -0.39 is 15.4 Å². The van der Waals surface area contributed by atoms with E-state index in [2.05, 4.69) is 15.5 Å². The molecule has 0 bridgehead atoms. The molecule has 7 nitrogen and oxygen atoms in total. The molecule has 0 saturated carbocycles. The van der Waals surface area contributed by atoms with Crippen LogP contribution in [-0.2, 0) is 14.6 Å². The summed E-state index contributed by atoms with van der Waals surface area (Å²) in [5, 5.41) is 11.5. The summed E-state index contributed by atoms with van der Waals surface area (Å²) in [6, 6.07) is 6.96. The Balaban J connectivity index is 1.55. The number of amides is 1. The Morgan fingerprint density at radius 1 is 1.36 bits per heavy atom. The van der Waals surface area contributed by atoms with E-state index in [1.165, 1.54) is 0 Å². The third-order valence-corrected chi connectivity index (χ3v) is 6.74. The van der Waals surface area contributed by atoms with Gasteiger partial charge in [0, 0.05) is 10.6 Å². The maximum Gasteiger partial charge on any atom is 0.277 e. The molecular formula is C15H16ClN3O4S2. The first-order valence-electron chi connectivity index (χ1n) is 7.48. The molecule has 2 aromatic rings. The van der Waals surface area contributed by atoms with Crippen molar-refractivity contribution in [1.29, 1.82) is 0 Å². The van der Waals surface area contributed by atoms with Crippen molar-refractivity contribution in [3.63, 3.8) is 0 Å². The van der Waals surface area contributed by atoms with Gasteiger partial charge in [0.2, 0.25) is 11.8 Å². The van der Waals surface area contributed by atoms with Crippen molar-refractivity contribution >= 4 is 39.1 Å². The first-order valence-corrected chi connectivity index (χ1v) is 10.7. The highest BCUT2D eigenvalue weighted by molar-refractivity contribution is 7.99. The molecule has 0 radical (unpaired) electrons. The van der Waals surface area contributed by atoms with E-state index in [-0.39, 0.29) is 28.4 Å². The predicted molar refractivity (Wildman–Crippen MR) is 95.3 cm³/mol. The Bertz CT molecular complexity index is 882. The predicted octanol–water partition coefficient (Wildman–Crippen LogP) is 2.18. The number of nitrogens with one attached hydrogen (secondary N) is 1. The van der Waals surface area contributed by atoms with Gasteiger partial charge in [0.15, 0.2) is 9.84 Å². The molecule has 1 saturated heterocycles. The molecule has 3 rings (SSSR count). The maximum absolute atomic E-state index is 12.1. The quantitative estimate of drug-likeness (QED) is 0.766. The molecule has 1 aliphatic rings. The van der Waals surface area contributed by atoms with Crippen LogP contribution in [0.5, 0.6) is 0 Å². The molecule has 1 aliphatic heterocycles. The van der Waals surface area contributed by atoms with Gasteiger partial charge in [0.05, 0.1) is 22.8 Å². The minimum Gasteiger partial charge on any atom is -0.411 e. The summed E-state index contributed by atoms with van der Waals surface area (Å²) < 4.78 is 28.6. The second-order valence-electron chi connectivity index (χ2n) is 6.12. The molecule has 25 heavy (non-hydrogen) atoms. The highest BCUT2D eigenvalue weighted by atomic mass is 35.5. The SMILES string of the molecule is CC1(NC(=O)CSc2nnc(-c3ccc(Cl)cc3)o2)CCS(=O)(=O)C1. The van der Waals surface area contributed by atoms with Gasteiger partial charge in [-0.05, 0) is 37.6 Å². The lowest BCUT2D eigenvalue weighted by molar-refractivity contribution is -0.120. The number of carbonyl (C=O) groups is 1. The highest BCUT2D eigenvalue weighted by Gasteiger charge is 2.39. The average molecular weight is 402 g/mol. The topological polar surface area (TPSA) is 102 Å². The molecule has 134 valence electrons. The van der Waals surface area contributed by atoms with Crippen LogP contribution in [0.25, 0.3) is 11.5 Å². The maximum atomic E-state index is 12.1. The third-order valence-electron chi connectivity index (χ3n) is 3.77. The molecule has 1 fully saturated rings. The molecule has 1 atom stereocenters. The first kappa shape index (κ1) is 18.2. The van der Waals surface area contributed by atoms with Crippen LogP contribution in [0.15, 0.2) is 33.9 Å². The van der Waals surface area contributed by atoms with E-state index in [1.54, 1.807) is 31.2 Å². The van der Waals surface area contributed by atoms with E-state index >= 15 is 0 Å². The Morgan fingerprint density at radius 3 is 2.72 bits per heavy atom. The Kier molecular flexibility index (Phi) is 5.08. The number of benzene rings is 1. The fraction of sp³-hybridized carbons (Fsp3) is 0.400. The van der Waals surface area contributed by atoms with Gasteiger partial charge >= 0.3 is 0 Å². The van der Waals surface area contributed by atoms with Gasteiger partial charge in [-0.3, -0.25) is 4.79 Å². The molecule has 1 N–H and O–H groups in total. The Labute approximate surface area is 154 Å². The van der Waals surface area contributed by atoms with Crippen molar-refractivity contribution in [3.8, 4) is 11.5 Å². The van der Waals surface area contributed by atoms with E-state index in [0.29, 0.717) is 17.3 Å². The average Bonchev–Trinajstić information content (AvgIpc) is 3.10. The van der Waals surface area contributed by atoms with Gasteiger partial charge in [-0.1, -0.05) is 23.4 Å². The van der Waals surface area contributed by atoms with Crippen LogP contribution < -0.4 is 5.32 Å². The number of hydrogen-bond acceptors (Lipinski definition) is 7. The van der Waals surface area contributed by atoms with Crippen LogP contribution >= 0.6 is 23.4 Å². The van der Waals surface area contributed by atoms with Crippen molar-refractivity contribution in [3.05, 3.63) is 29.3 Å². The van der Waals surface area contributed by atoms with Gasteiger partial charge in [-0.2, -0.15) is 0 Å². The molecule has 1 aromatic carbocycles. The molecule has 10 heteroatoms. The van der Waals surface area contributed by atoms with E-state index in [9.17, 15) is 13.2 Å². The molecule has 1 aromatic heterocycles. The second kappa shape index (κ2) is 6.97. The summed E-state index contributed by atoms with van der Waals surface area (Å²) in [4.78, 5) is 12.1. The number of nitrogens with zero attached hydrogens (tertiary/aromatic N) is 2. The zero-order valence-corrected chi connectivity index (χ0v) is 15.7. The lowest BCUT2D eigenvalue weighted by atomic mass is 10.0. The lowest BCUT2D eigenvalue weighted by Crippen LogP contribution is -2.47. The number of hydrogen-bond donors (Lipinski definition) is 1. The van der Waals surface area contributed by atoms with Crippen molar-refractivity contribution in [2.45, 2.75) is 24.1 Å². The van der Waals surface area contributed by atoms with Crippen molar-refractivity contribution in [2.24, 2.45) is 0 Å². The standard InChI is InChI=1S/C15H16ClN3O4S2/c1-15(6-7-25(21,22)9-15)17-12(20)8-24-14-19-18-13(23-14)10-2-4-11(16)5-3-10/h2-5H,6-9H2,1H3,(H,17,20). The van der Waals surface area contributed by atoms with Crippen LogP contribution in [0.4, 0.5) is 0 Å². The number of rotatable bonds is 5. The summed E-state index contributed by atoms with van der Waals surface area (Å²) >= 11 is 6.94. The fourth-order valence-electron chi connectivity index (χ4n) is 2.59. The van der Waals surface area contributed by atoms with Crippen molar-refractivity contribution < 1.29 is 17.6 Å².